The molecule has 0 amide bonds. The summed E-state index contributed by atoms with van der Waals surface area (Å²) in [5, 5.41) is 9.44. The summed E-state index contributed by atoms with van der Waals surface area (Å²) in [5.74, 6) is 0.916. The molecule has 5 heteroatoms. The van der Waals surface area contributed by atoms with Crippen LogP contribution in [0.15, 0.2) is 65.2 Å². The molecule has 5 nitrogen and oxygen atoms in total. The Labute approximate surface area is 139 Å². The van der Waals surface area contributed by atoms with Crippen molar-refractivity contribution >= 4 is 10.9 Å². The fourth-order valence-corrected chi connectivity index (χ4v) is 2.91. The normalized spacial score (nSPS) is 13.9. The van der Waals surface area contributed by atoms with Gasteiger partial charge in [0.05, 0.1) is 11.1 Å². The molecule has 120 valence electrons. The molecule has 0 bridgehead atoms. The second kappa shape index (κ2) is 5.62. The summed E-state index contributed by atoms with van der Waals surface area (Å²) < 4.78 is 5.91. The van der Waals surface area contributed by atoms with Crippen LogP contribution in [0.3, 0.4) is 0 Å². The van der Waals surface area contributed by atoms with E-state index in [1.54, 1.807) is 0 Å². The monoisotopic (exact) mass is 318 g/mol. The van der Waals surface area contributed by atoms with E-state index in [2.05, 4.69) is 15.2 Å². The van der Waals surface area contributed by atoms with Crippen molar-refractivity contribution in [2.45, 2.75) is 18.9 Å². The van der Waals surface area contributed by atoms with Crippen molar-refractivity contribution < 1.29 is 4.42 Å². The number of hydrogen-bond acceptors (Lipinski definition) is 4. The van der Waals surface area contributed by atoms with Crippen LogP contribution in [0.25, 0.3) is 22.4 Å². The van der Waals surface area contributed by atoms with Gasteiger partial charge in [-0.2, -0.15) is 0 Å². The average molecular weight is 318 g/mol. The molecule has 2 heterocycles. The molecule has 0 saturated carbocycles. The van der Waals surface area contributed by atoms with Crippen molar-refractivity contribution in [3.63, 3.8) is 0 Å². The minimum atomic E-state index is -0.723. The highest BCUT2D eigenvalue weighted by Crippen LogP contribution is 2.30. The number of hydrogen-bond donors (Lipinski definition) is 2. The van der Waals surface area contributed by atoms with Gasteiger partial charge in [-0.1, -0.05) is 48.5 Å². The summed E-state index contributed by atoms with van der Waals surface area (Å²) in [4.78, 5) is 3.22. The molecule has 24 heavy (non-hydrogen) atoms. The maximum absolute atomic E-state index is 6.45. The standard InChI is InChI=1S/C19H18N4O/c1-19(20,11-13-7-3-2-4-8-13)18-23-22-17(24-18)15-12-21-16-10-6-5-9-14(15)16/h2-10,12,21H,11,20H2,1H3/t19-/m0/s1. The molecular formula is C19H18N4O. The van der Waals surface area contributed by atoms with Crippen molar-refractivity contribution in [3.8, 4) is 11.5 Å². The van der Waals surface area contributed by atoms with E-state index in [0.717, 1.165) is 22.0 Å². The van der Waals surface area contributed by atoms with Crippen LogP contribution in [-0.2, 0) is 12.0 Å². The molecular weight excluding hydrogens is 300 g/mol. The van der Waals surface area contributed by atoms with Crippen molar-refractivity contribution in [1.29, 1.82) is 0 Å². The lowest BCUT2D eigenvalue weighted by Crippen LogP contribution is -2.35. The molecule has 0 aliphatic heterocycles. The van der Waals surface area contributed by atoms with Gasteiger partial charge in [0.15, 0.2) is 0 Å². The van der Waals surface area contributed by atoms with Gasteiger partial charge in [-0.25, -0.2) is 0 Å². The van der Waals surface area contributed by atoms with E-state index in [-0.39, 0.29) is 0 Å². The molecule has 0 unspecified atom stereocenters. The summed E-state index contributed by atoms with van der Waals surface area (Å²) in [6.07, 6.45) is 2.51. The molecule has 0 spiro atoms. The minimum Gasteiger partial charge on any atom is -0.419 e. The Morgan fingerprint density at radius 2 is 1.79 bits per heavy atom. The zero-order valence-corrected chi connectivity index (χ0v) is 13.4. The van der Waals surface area contributed by atoms with E-state index in [1.165, 1.54) is 0 Å². The van der Waals surface area contributed by atoms with Crippen LogP contribution in [0.2, 0.25) is 0 Å². The zero-order chi connectivity index (χ0) is 16.6. The first-order chi connectivity index (χ1) is 11.6. The number of para-hydroxylation sites is 1. The maximum Gasteiger partial charge on any atom is 0.249 e. The summed E-state index contributed by atoms with van der Waals surface area (Å²) in [6, 6.07) is 18.1. The number of fused-ring (bicyclic) bond motifs is 1. The quantitative estimate of drug-likeness (QED) is 0.602. The van der Waals surface area contributed by atoms with Gasteiger partial charge in [0, 0.05) is 17.1 Å². The molecule has 4 aromatic rings. The van der Waals surface area contributed by atoms with E-state index in [0.29, 0.717) is 18.2 Å². The van der Waals surface area contributed by atoms with Crippen LogP contribution < -0.4 is 5.73 Å². The number of nitrogens with one attached hydrogen (secondary N) is 1. The third-order valence-electron chi connectivity index (χ3n) is 4.15. The first kappa shape index (κ1) is 14.7. The number of aromatic amines is 1. The number of H-pyrrole nitrogens is 1. The number of nitrogens with two attached hydrogens (primary N) is 1. The summed E-state index contributed by atoms with van der Waals surface area (Å²) in [5.41, 5.74) is 8.78. The molecule has 2 aromatic carbocycles. The SMILES string of the molecule is C[C@](N)(Cc1ccccc1)c1nnc(-c2c[nH]c3ccccc23)o1. The molecule has 0 fully saturated rings. The van der Waals surface area contributed by atoms with Crippen molar-refractivity contribution in [2.75, 3.05) is 0 Å². The largest absolute Gasteiger partial charge is 0.419 e. The second-order valence-electron chi connectivity index (χ2n) is 6.24. The highest BCUT2D eigenvalue weighted by Gasteiger charge is 2.29. The second-order valence-corrected chi connectivity index (χ2v) is 6.24. The maximum atomic E-state index is 6.45. The predicted molar refractivity (Wildman–Crippen MR) is 93.3 cm³/mol. The molecule has 1 atom stereocenters. The van der Waals surface area contributed by atoms with Gasteiger partial charge in [-0.15, -0.1) is 10.2 Å². The lowest BCUT2D eigenvalue weighted by atomic mass is 9.94. The molecule has 2 aromatic heterocycles. The third kappa shape index (κ3) is 2.59. The van der Waals surface area contributed by atoms with Gasteiger partial charge in [0.1, 0.15) is 0 Å². The summed E-state index contributed by atoms with van der Waals surface area (Å²) in [7, 11) is 0. The van der Waals surface area contributed by atoms with Gasteiger partial charge in [0.2, 0.25) is 11.8 Å². The van der Waals surface area contributed by atoms with E-state index in [1.807, 2.05) is 67.7 Å². The van der Waals surface area contributed by atoms with E-state index >= 15 is 0 Å². The van der Waals surface area contributed by atoms with E-state index in [4.69, 9.17) is 10.2 Å². The highest BCUT2D eigenvalue weighted by atomic mass is 16.4. The Balaban J connectivity index is 1.67. The lowest BCUT2D eigenvalue weighted by molar-refractivity contribution is 0.356. The van der Waals surface area contributed by atoms with Crippen LogP contribution in [-0.4, -0.2) is 15.2 Å². The molecule has 0 radical (unpaired) electrons. The van der Waals surface area contributed by atoms with Crippen molar-refractivity contribution in [3.05, 3.63) is 72.2 Å². The molecule has 4 rings (SSSR count). The van der Waals surface area contributed by atoms with Gasteiger partial charge in [-0.05, 0) is 25.0 Å². The Bertz CT molecular complexity index is 969. The average Bonchev–Trinajstić information content (AvgIpc) is 3.22. The Kier molecular flexibility index (Phi) is 3.43. The smallest absolute Gasteiger partial charge is 0.249 e. The first-order valence-corrected chi connectivity index (χ1v) is 7.87. The highest BCUT2D eigenvalue weighted by molar-refractivity contribution is 5.93. The van der Waals surface area contributed by atoms with Crippen LogP contribution >= 0.6 is 0 Å². The topological polar surface area (TPSA) is 80.7 Å². The first-order valence-electron chi connectivity index (χ1n) is 7.87. The Hall–Kier alpha value is -2.92. The van der Waals surface area contributed by atoms with Crippen LogP contribution in [0.1, 0.15) is 18.4 Å². The fraction of sp³-hybridized carbons (Fsp3) is 0.158. The predicted octanol–water partition coefficient (Wildman–Crippen LogP) is 3.63. The number of benzene rings is 2. The van der Waals surface area contributed by atoms with E-state index in [9.17, 15) is 0 Å². The fourth-order valence-electron chi connectivity index (χ4n) is 2.91. The van der Waals surface area contributed by atoms with Crippen LogP contribution in [0, 0.1) is 0 Å². The summed E-state index contributed by atoms with van der Waals surface area (Å²) >= 11 is 0. The van der Waals surface area contributed by atoms with Gasteiger partial charge >= 0.3 is 0 Å². The third-order valence-corrected chi connectivity index (χ3v) is 4.15. The Morgan fingerprint density at radius 1 is 1.04 bits per heavy atom. The van der Waals surface area contributed by atoms with Crippen LogP contribution in [0.5, 0.6) is 0 Å². The lowest BCUT2D eigenvalue weighted by Gasteiger charge is -2.20. The number of rotatable bonds is 4. The van der Waals surface area contributed by atoms with Gasteiger partial charge < -0.3 is 15.1 Å². The zero-order valence-electron chi connectivity index (χ0n) is 13.4. The van der Waals surface area contributed by atoms with Gasteiger partial charge in [-0.3, -0.25) is 0 Å². The Morgan fingerprint density at radius 3 is 2.62 bits per heavy atom. The van der Waals surface area contributed by atoms with Crippen molar-refractivity contribution in [2.24, 2.45) is 5.73 Å². The molecule has 3 N–H and O–H groups in total. The molecule has 0 aliphatic carbocycles. The number of nitrogens with zero attached hydrogens (tertiary/aromatic N) is 2. The van der Waals surface area contributed by atoms with E-state index < -0.39 is 5.54 Å². The minimum absolute atomic E-state index is 0.437. The van der Waals surface area contributed by atoms with Gasteiger partial charge in [0.25, 0.3) is 0 Å². The molecule has 0 saturated heterocycles. The summed E-state index contributed by atoms with van der Waals surface area (Å²) in [6.45, 7) is 1.91. The number of aromatic nitrogens is 3. The molecule has 0 aliphatic rings. The van der Waals surface area contributed by atoms with Crippen molar-refractivity contribution in [1.82, 2.24) is 15.2 Å². The van der Waals surface area contributed by atoms with Crippen LogP contribution in [0.4, 0.5) is 0 Å².